The summed E-state index contributed by atoms with van der Waals surface area (Å²) < 4.78 is 4.80. The zero-order valence-corrected chi connectivity index (χ0v) is 11.4. The Kier molecular flexibility index (Phi) is 3.44. The zero-order chi connectivity index (χ0) is 13.9. The maximum absolute atomic E-state index is 11.8. The van der Waals surface area contributed by atoms with Crippen LogP contribution in [-0.4, -0.2) is 18.1 Å². The highest BCUT2D eigenvalue weighted by Gasteiger charge is 2.19. The first-order chi connectivity index (χ1) is 9.76. The van der Waals surface area contributed by atoms with E-state index in [-0.39, 0.29) is 0 Å². The van der Waals surface area contributed by atoms with Crippen LogP contribution in [0.4, 0.5) is 0 Å². The number of ether oxygens (including phenoxy) is 1. The number of methoxy groups -OCH3 is 1. The number of nitrogens with zero attached hydrogens (tertiary/aromatic N) is 1. The van der Waals surface area contributed by atoms with Crippen molar-refractivity contribution in [3.63, 3.8) is 0 Å². The standard InChI is InChI=1S/C17H15NO2/c1-20-17(19)15-10-14(7-6-12-2-3-12)11-18-16(15)9-8-13-4-5-13/h10-13H,2-5H2,1H3. The topological polar surface area (TPSA) is 39.2 Å². The van der Waals surface area contributed by atoms with Gasteiger partial charge in [0.15, 0.2) is 0 Å². The van der Waals surface area contributed by atoms with Gasteiger partial charge in [0, 0.05) is 23.6 Å². The normalized spacial score (nSPS) is 16.4. The highest BCUT2D eigenvalue weighted by Crippen LogP contribution is 2.28. The molecule has 0 saturated heterocycles. The first-order valence-electron chi connectivity index (χ1n) is 6.87. The van der Waals surface area contributed by atoms with E-state index in [4.69, 9.17) is 4.74 Å². The van der Waals surface area contributed by atoms with Crippen LogP contribution in [0, 0.1) is 35.5 Å². The molecule has 3 rings (SSSR count). The Hall–Kier alpha value is -2.26. The number of carbonyl (C=O) groups excluding carboxylic acids is 1. The molecule has 3 heteroatoms. The van der Waals surface area contributed by atoms with E-state index in [0.29, 0.717) is 23.1 Å². The van der Waals surface area contributed by atoms with Crippen LogP contribution in [0.5, 0.6) is 0 Å². The maximum atomic E-state index is 11.8. The molecule has 2 aliphatic carbocycles. The molecule has 0 bridgehead atoms. The summed E-state index contributed by atoms with van der Waals surface area (Å²) >= 11 is 0. The van der Waals surface area contributed by atoms with Gasteiger partial charge in [-0.3, -0.25) is 0 Å². The quantitative estimate of drug-likeness (QED) is 0.578. The first kappa shape index (κ1) is 12.8. The number of carbonyl (C=O) groups is 1. The van der Waals surface area contributed by atoms with Crippen LogP contribution >= 0.6 is 0 Å². The molecule has 0 amide bonds. The van der Waals surface area contributed by atoms with Crippen molar-refractivity contribution in [2.24, 2.45) is 11.8 Å². The Balaban J connectivity index is 1.91. The Morgan fingerprint density at radius 3 is 2.45 bits per heavy atom. The molecular weight excluding hydrogens is 250 g/mol. The van der Waals surface area contributed by atoms with Gasteiger partial charge in [-0.1, -0.05) is 17.8 Å². The third-order valence-corrected chi connectivity index (χ3v) is 3.26. The summed E-state index contributed by atoms with van der Waals surface area (Å²) in [4.78, 5) is 16.1. The fraction of sp³-hybridized carbons (Fsp3) is 0.412. The Labute approximate surface area is 118 Å². The van der Waals surface area contributed by atoms with Gasteiger partial charge in [-0.15, -0.1) is 0 Å². The Morgan fingerprint density at radius 1 is 1.20 bits per heavy atom. The lowest BCUT2D eigenvalue weighted by Gasteiger charge is -2.02. The van der Waals surface area contributed by atoms with Crippen molar-refractivity contribution in [3.8, 4) is 23.7 Å². The smallest absolute Gasteiger partial charge is 0.340 e. The second-order valence-electron chi connectivity index (χ2n) is 5.20. The molecule has 0 aliphatic heterocycles. The Morgan fingerprint density at radius 2 is 1.85 bits per heavy atom. The third kappa shape index (κ3) is 3.19. The molecule has 100 valence electrons. The second kappa shape index (κ2) is 5.39. The summed E-state index contributed by atoms with van der Waals surface area (Å²) in [6, 6.07) is 1.73. The molecule has 0 radical (unpaired) electrons. The average Bonchev–Trinajstić information content (AvgIpc) is 3.36. The second-order valence-corrected chi connectivity index (χ2v) is 5.20. The van der Waals surface area contributed by atoms with Gasteiger partial charge in [-0.05, 0) is 37.7 Å². The molecule has 3 nitrogen and oxygen atoms in total. The largest absolute Gasteiger partial charge is 0.465 e. The number of rotatable bonds is 1. The summed E-state index contributed by atoms with van der Waals surface area (Å²) in [6.45, 7) is 0. The number of aromatic nitrogens is 1. The minimum absolute atomic E-state index is 0.406. The molecule has 20 heavy (non-hydrogen) atoms. The zero-order valence-electron chi connectivity index (χ0n) is 11.4. The minimum Gasteiger partial charge on any atom is -0.465 e. The SMILES string of the molecule is COC(=O)c1cc(C#CC2CC2)cnc1C#CC1CC1. The summed E-state index contributed by atoms with van der Waals surface area (Å²) in [5, 5.41) is 0. The van der Waals surface area contributed by atoms with Crippen LogP contribution in [0.1, 0.15) is 47.3 Å². The van der Waals surface area contributed by atoms with Gasteiger partial charge in [0.05, 0.1) is 12.7 Å². The minimum atomic E-state index is -0.410. The summed E-state index contributed by atoms with van der Waals surface area (Å²) in [7, 11) is 1.36. The van der Waals surface area contributed by atoms with Crippen molar-refractivity contribution in [1.82, 2.24) is 4.98 Å². The van der Waals surface area contributed by atoms with Gasteiger partial charge < -0.3 is 4.74 Å². The predicted molar refractivity (Wildman–Crippen MR) is 74.8 cm³/mol. The highest BCUT2D eigenvalue weighted by molar-refractivity contribution is 5.92. The summed E-state index contributed by atoms with van der Waals surface area (Å²) in [5.74, 6) is 12.9. The fourth-order valence-electron chi connectivity index (χ4n) is 1.71. The molecule has 1 aromatic heterocycles. The van der Waals surface area contributed by atoms with E-state index in [9.17, 15) is 4.79 Å². The molecule has 0 spiro atoms. The monoisotopic (exact) mass is 265 g/mol. The van der Waals surface area contributed by atoms with E-state index in [1.165, 1.54) is 20.0 Å². The average molecular weight is 265 g/mol. The van der Waals surface area contributed by atoms with Crippen LogP contribution in [0.2, 0.25) is 0 Å². The molecule has 0 aromatic carbocycles. The van der Waals surface area contributed by atoms with Gasteiger partial charge in [0.25, 0.3) is 0 Å². The van der Waals surface area contributed by atoms with Crippen LogP contribution in [0.3, 0.4) is 0 Å². The summed E-state index contributed by atoms with van der Waals surface area (Å²) in [5.41, 5.74) is 1.64. The van der Waals surface area contributed by atoms with E-state index < -0.39 is 5.97 Å². The molecule has 0 atom stereocenters. The van der Waals surface area contributed by atoms with Crippen molar-refractivity contribution < 1.29 is 9.53 Å². The number of esters is 1. The molecule has 2 saturated carbocycles. The third-order valence-electron chi connectivity index (χ3n) is 3.26. The molecule has 0 unspecified atom stereocenters. The van der Waals surface area contributed by atoms with Crippen molar-refractivity contribution in [1.29, 1.82) is 0 Å². The lowest BCUT2D eigenvalue weighted by molar-refractivity contribution is 0.0600. The molecule has 0 N–H and O–H groups in total. The first-order valence-corrected chi connectivity index (χ1v) is 6.87. The lowest BCUT2D eigenvalue weighted by atomic mass is 10.1. The maximum Gasteiger partial charge on any atom is 0.340 e. The molecule has 2 fully saturated rings. The van der Waals surface area contributed by atoms with Gasteiger partial charge in [0.2, 0.25) is 0 Å². The van der Waals surface area contributed by atoms with Crippen LogP contribution in [0.15, 0.2) is 12.3 Å². The number of pyridine rings is 1. The molecular formula is C17H15NO2. The van der Waals surface area contributed by atoms with Crippen LogP contribution < -0.4 is 0 Å². The van der Waals surface area contributed by atoms with E-state index in [1.54, 1.807) is 12.3 Å². The highest BCUT2D eigenvalue weighted by atomic mass is 16.5. The van der Waals surface area contributed by atoms with Crippen LogP contribution in [-0.2, 0) is 4.74 Å². The Bertz CT molecular complexity index is 662. The van der Waals surface area contributed by atoms with Crippen molar-refractivity contribution in [2.45, 2.75) is 25.7 Å². The van der Waals surface area contributed by atoms with Crippen LogP contribution in [0.25, 0.3) is 0 Å². The van der Waals surface area contributed by atoms with E-state index in [2.05, 4.69) is 28.7 Å². The van der Waals surface area contributed by atoms with Crippen molar-refractivity contribution in [2.75, 3.05) is 7.11 Å². The summed E-state index contributed by atoms with van der Waals surface area (Å²) in [6.07, 6.45) is 6.32. The predicted octanol–water partition coefficient (Wildman–Crippen LogP) is 2.39. The molecule has 1 aromatic rings. The number of hydrogen-bond donors (Lipinski definition) is 0. The lowest BCUT2D eigenvalue weighted by Crippen LogP contribution is -2.06. The van der Waals surface area contributed by atoms with E-state index >= 15 is 0 Å². The van der Waals surface area contributed by atoms with Gasteiger partial charge >= 0.3 is 5.97 Å². The van der Waals surface area contributed by atoms with E-state index in [1.807, 2.05) is 0 Å². The van der Waals surface area contributed by atoms with Gasteiger partial charge in [-0.25, -0.2) is 9.78 Å². The van der Waals surface area contributed by atoms with Gasteiger partial charge in [0.1, 0.15) is 5.69 Å². The van der Waals surface area contributed by atoms with Gasteiger partial charge in [-0.2, -0.15) is 0 Å². The van der Waals surface area contributed by atoms with Crippen molar-refractivity contribution >= 4 is 5.97 Å². The molecule has 2 aliphatic rings. The number of hydrogen-bond acceptors (Lipinski definition) is 3. The fourth-order valence-corrected chi connectivity index (χ4v) is 1.71. The van der Waals surface area contributed by atoms with Crippen molar-refractivity contribution in [3.05, 3.63) is 29.1 Å². The molecule has 1 heterocycles. The van der Waals surface area contributed by atoms with E-state index in [0.717, 1.165) is 18.4 Å².